The van der Waals surface area contributed by atoms with Crippen LogP contribution in [0.4, 0.5) is 0 Å². The number of nitrogens with one attached hydrogen (secondary N) is 1. The SMILES string of the molecule is COc1cc(/C=C(\Sc2nc3ccccc3[nH]2)C(=O)O)cc(OC)c1OC. The van der Waals surface area contributed by atoms with Gasteiger partial charge >= 0.3 is 5.97 Å². The van der Waals surface area contributed by atoms with E-state index in [1.807, 2.05) is 24.3 Å². The third-order valence-electron chi connectivity index (χ3n) is 3.77. The smallest absolute Gasteiger partial charge is 0.342 e. The minimum atomic E-state index is -1.06. The van der Waals surface area contributed by atoms with Crippen molar-refractivity contribution in [1.82, 2.24) is 9.97 Å². The molecule has 3 rings (SSSR count). The highest BCUT2D eigenvalue weighted by Gasteiger charge is 2.16. The van der Waals surface area contributed by atoms with Crippen LogP contribution in [0.2, 0.25) is 0 Å². The van der Waals surface area contributed by atoms with Crippen molar-refractivity contribution >= 4 is 34.8 Å². The summed E-state index contributed by atoms with van der Waals surface area (Å²) in [7, 11) is 4.52. The molecule has 8 heteroatoms. The first-order valence-electron chi connectivity index (χ1n) is 7.93. The molecule has 2 N–H and O–H groups in total. The molecule has 0 atom stereocenters. The number of carboxylic acid groups (broad SMARTS) is 1. The van der Waals surface area contributed by atoms with E-state index in [1.165, 1.54) is 27.4 Å². The molecule has 0 bridgehead atoms. The molecule has 0 saturated heterocycles. The molecule has 0 saturated carbocycles. The van der Waals surface area contributed by atoms with Crippen LogP contribution in [0.3, 0.4) is 0 Å². The number of benzene rings is 2. The number of carboxylic acids is 1. The normalized spacial score (nSPS) is 11.4. The third-order valence-corrected chi connectivity index (χ3v) is 4.67. The molecule has 0 aliphatic carbocycles. The van der Waals surface area contributed by atoms with Crippen molar-refractivity contribution in [2.24, 2.45) is 0 Å². The van der Waals surface area contributed by atoms with Crippen LogP contribution >= 0.6 is 11.8 Å². The van der Waals surface area contributed by atoms with Gasteiger partial charge in [0.15, 0.2) is 16.7 Å². The fraction of sp³-hybridized carbons (Fsp3) is 0.158. The van der Waals surface area contributed by atoms with Gasteiger partial charge in [0.2, 0.25) is 5.75 Å². The van der Waals surface area contributed by atoms with E-state index in [0.717, 1.165) is 22.8 Å². The molecule has 0 unspecified atom stereocenters. The van der Waals surface area contributed by atoms with Crippen LogP contribution in [0.25, 0.3) is 17.1 Å². The van der Waals surface area contributed by atoms with Crippen molar-refractivity contribution in [2.45, 2.75) is 5.16 Å². The van der Waals surface area contributed by atoms with Crippen molar-refractivity contribution in [3.8, 4) is 17.2 Å². The zero-order chi connectivity index (χ0) is 19.4. The Morgan fingerprint density at radius 1 is 1.11 bits per heavy atom. The first-order valence-corrected chi connectivity index (χ1v) is 8.75. The van der Waals surface area contributed by atoms with E-state index in [1.54, 1.807) is 12.1 Å². The van der Waals surface area contributed by atoms with E-state index in [-0.39, 0.29) is 4.91 Å². The molecule has 0 amide bonds. The van der Waals surface area contributed by atoms with Gasteiger partial charge in [-0.25, -0.2) is 9.78 Å². The molecule has 2 aromatic carbocycles. The molecule has 140 valence electrons. The first kappa shape index (κ1) is 18.7. The Kier molecular flexibility index (Phi) is 5.56. The Labute approximate surface area is 160 Å². The number of nitrogens with zero attached hydrogens (tertiary/aromatic N) is 1. The van der Waals surface area contributed by atoms with Crippen molar-refractivity contribution in [3.63, 3.8) is 0 Å². The monoisotopic (exact) mass is 386 g/mol. The summed E-state index contributed by atoms with van der Waals surface area (Å²) >= 11 is 1.04. The van der Waals surface area contributed by atoms with E-state index in [4.69, 9.17) is 14.2 Å². The Morgan fingerprint density at radius 3 is 2.33 bits per heavy atom. The lowest BCUT2D eigenvalue weighted by atomic mass is 10.1. The summed E-state index contributed by atoms with van der Waals surface area (Å²) in [6.07, 6.45) is 1.53. The second-order valence-electron chi connectivity index (χ2n) is 5.43. The highest BCUT2D eigenvalue weighted by atomic mass is 32.2. The number of aromatic nitrogens is 2. The van der Waals surface area contributed by atoms with Crippen LogP contribution in [0.1, 0.15) is 5.56 Å². The molecule has 27 heavy (non-hydrogen) atoms. The van der Waals surface area contributed by atoms with Crippen molar-refractivity contribution < 1.29 is 24.1 Å². The Morgan fingerprint density at radius 2 is 1.78 bits per heavy atom. The number of hydrogen-bond donors (Lipinski definition) is 2. The van der Waals surface area contributed by atoms with Crippen LogP contribution in [0.5, 0.6) is 17.2 Å². The Hall–Kier alpha value is -3.13. The van der Waals surface area contributed by atoms with Gasteiger partial charge in [0.05, 0.1) is 32.4 Å². The summed E-state index contributed by atoms with van der Waals surface area (Å²) in [4.78, 5) is 19.4. The summed E-state index contributed by atoms with van der Waals surface area (Å²) in [6.45, 7) is 0. The summed E-state index contributed by atoms with van der Waals surface area (Å²) in [5.41, 5.74) is 2.22. The second kappa shape index (κ2) is 8.05. The van der Waals surface area contributed by atoms with Crippen molar-refractivity contribution in [3.05, 3.63) is 46.9 Å². The summed E-state index contributed by atoms with van der Waals surface area (Å²) < 4.78 is 15.9. The fourth-order valence-electron chi connectivity index (χ4n) is 2.55. The number of carbonyl (C=O) groups is 1. The maximum atomic E-state index is 11.7. The number of aromatic amines is 1. The predicted octanol–water partition coefficient (Wildman–Crippen LogP) is 3.81. The lowest BCUT2D eigenvalue weighted by Gasteiger charge is -2.13. The first-order chi connectivity index (χ1) is 13.0. The topological polar surface area (TPSA) is 93.7 Å². The standard InChI is InChI=1S/C19H18N2O5S/c1-24-14-8-11(9-15(25-2)17(14)26-3)10-16(18(22)23)27-19-20-12-6-4-5-7-13(12)21-19/h4-10H,1-3H3,(H,20,21)(H,22,23)/b16-10-. The number of thioether (sulfide) groups is 1. The summed E-state index contributed by atoms with van der Waals surface area (Å²) in [6, 6.07) is 10.9. The predicted molar refractivity (Wildman–Crippen MR) is 104 cm³/mol. The lowest BCUT2D eigenvalue weighted by Crippen LogP contribution is -1.99. The van der Waals surface area contributed by atoms with E-state index in [0.29, 0.717) is 28.0 Å². The number of ether oxygens (including phenoxy) is 3. The van der Waals surface area contributed by atoms with Crippen LogP contribution in [-0.2, 0) is 4.79 Å². The van der Waals surface area contributed by atoms with Crippen LogP contribution in [0, 0.1) is 0 Å². The molecule has 3 aromatic rings. The molecule has 0 radical (unpaired) electrons. The maximum absolute atomic E-state index is 11.7. The van der Waals surface area contributed by atoms with Crippen LogP contribution < -0.4 is 14.2 Å². The second-order valence-corrected chi connectivity index (χ2v) is 6.46. The molecule has 7 nitrogen and oxygen atoms in total. The van der Waals surface area contributed by atoms with Gasteiger partial charge in [-0.05, 0) is 47.7 Å². The quantitative estimate of drug-likeness (QED) is 0.471. The number of aliphatic carboxylic acids is 1. The Balaban J connectivity index is 1.99. The number of H-pyrrole nitrogens is 1. The largest absolute Gasteiger partial charge is 0.493 e. The van der Waals surface area contributed by atoms with E-state index < -0.39 is 5.97 Å². The van der Waals surface area contributed by atoms with Crippen LogP contribution in [-0.4, -0.2) is 42.4 Å². The molecular formula is C19H18N2O5S. The third kappa shape index (κ3) is 4.01. The number of imidazole rings is 1. The highest BCUT2D eigenvalue weighted by Crippen LogP contribution is 2.39. The molecule has 1 heterocycles. The fourth-order valence-corrected chi connectivity index (χ4v) is 3.35. The van der Waals surface area contributed by atoms with Gasteiger partial charge in [-0.1, -0.05) is 12.1 Å². The number of para-hydroxylation sites is 2. The van der Waals surface area contributed by atoms with E-state index in [9.17, 15) is 9.90 Å². The average Bonchev–Trinajstić information content (AvgIpc) is 3.08. The Bertz CT molecular complexity index is 954. The molecule has 0 spiro atoms. The summed E-state index contributed by atoms with van der Waals surface area (Å²) in [5, 5.41) is 10.1. The van der Waals surface area contributed by atoms with Gasteiger partial charge in [0.1, 0.15) is 4.91 Å². The van der Waals surface area contributed by atoms with Gasteiger partial charge in [-0.3, -0.25) is 0 Å². The number of fused-ring (bicyclic) bond motifs is 1. The van der Waals surface area contributed by atoms with E-state index in [2.05, 4.69) is 9.97 Å². The van der Waals surface area contributed by atoms with E-state index >= 15 is 0 Å². The zero-order valence-electron chi connectivity index (χ0n) is 15.0. The number of rotatable bonds is 7. The van der Waals surface area contributed by atoms with Crippen molar-refractivity contribution in [2.75, 3.05) is 21.3 Å². The minimum absolute atomic E-state index is 0.100. The van der Waals surface area contributed by atoms with Gasteiger partial charge in [-0.15, -0.1) is 0 Å². The van der Waals surface area contributed by atoms with Gasteiger partial charge in [0.25, 0.3) is 0 Å². The van der Waals surface area contributed by atoms with Crippen molar-refractivity contribution in [1.29, 1.82) is 0 Å². The molecule has 0 aliphatic rings. The molecule has 0 fully saturated rings. The molecule has 0 aliphatic heterocycles. The molecule has 1 aromatic heterocycles. The van der Waals surface area contributed by atoms with Gasteiger partial charge in [-0.2, -0.15) is 0 Å². The zero-order valence-corrected chi connectivity index (χ0v) is 15.8. The number of hydrogen-bond acceptors (Lipinski definition) is 6. The lowest BCUT2D eigenvalue weighted by molar-refractivity contribution is -0.131. The van der Waals surface area contributed by atoms with Crippen LogP contribution in [0.15, 0.2) is 46.5 Å². The van der Waals surface area contributed by atoms with Gasteiger partial charge in [0, 0.05) is 0 Å². The maximum Gasteiger partial charge on any atom is 0.342 e. The number of methoxy groups -OCH3 is 3. The van der Waals surface area contributed by atoms with Gasteiger partial charge < -0.3 is 24.3 Å². The highest BCUT2D eigenvalue weighted by molar-refractivity contribution is 8.04. The minimum Gasteiger partial charge on any atom is -0.493 e. The molecular weight excluding hydrogens is 368 g/mol. The summed E-state index contributed by atoms with van der Waals surface area (Å²) in [5.74, 6) is 0.274. The average molecular weight is 386 g/mol.